The lowest BCUT2D eigenvalue weighted by molar-refractivity contribution is -0.139. The minimum atomic E-state index is -0.591. The van der Waals surface area contributed by atoms with Gasteiger partial charge in [-0.15, -0.1) is 11.3 Å². The minimum Gasteiger partial charge on any atom is -0.504 e. The van der Waals surface area contributed by atoms with E-state index in [1.807, 2.05) is 17.5 Å². The summed E-state index contributed by atoms with van der Waals surface area (Å²) in [6, 6.07) is 8.05. The van der Waals surface area contributed by atoms with E-state index in [4.69, 9.17) is 9.47 Å². The van der Waals surface area contributed by atoms with Crippen LogP contribution in [0.2, 0.25) is 0 Å². The van der Waals surface area contributed by atoms with Crippen molar-refractivity contribution in [2.75, 3.05) is 13.7 Å². The Morgan fingerprint density at radius 3 is 2.84 bits per heavy atom. The molecule has 31 heavy (non-hydrogen) atoms. The molecule has 4 rings (SSSR count). The number of allylic oxidation sites excluding steroid dienone is 1. The Kier molecular flexibility index (Phi) is 5.79. The van der Waals surface area contributed by atoms with E-state index < -0.39 is 12.0 Å². The van der Waals surface area contributed by atoms with Crippen LogP contribution in [0.15, 0.2) is 56.8 Å². The monoisotopic (exact) mass is 456 g/mol. The van der Waals surface area contributed by atoms with Gasteiger partial charge in [0.15, 0.2) is 16.3 Å². The van der Waals surface area contributed by atoms with E-state index in [2.05, 4.69) is 4.99 Å². The molecule has 1 aromatic carbocycles. The number of ether oxygens (including phenoxy) is 2. The molecule has 1 aliphatic heterocycles. The van der Waals surface area contributed by atoms with Crippen LogP contribution < -0.4 is 19.6 Å². The fourth-order valence-electron chi connectivity index (χ4n) is 3.44. The van der Waals surface area contributed by atoms with Crippen molar-refractivity contribution in [1.29, 1.82) is 0 Å². The first-order chi connectivity index (χ1) is 14.9. The van der Waals surface area contributed by atoms with Gasteiger partial charge in [-0.2, -0.15) is 0 Å². The van der Waals surface area contributed by atoms with Crippen LogP contribution in [-0.4, -0.2) is 29.4 Å². The van der Waals surface area contributed by atoms with E-state index in [9.17, 15) is 14.7 Å². The summed E-state index contributed by atoms with van der Waals surface area (Å²) in [5.41, 5.74) is 1.36. The standard InChI is InChI=1S/C22H20N2O5S2/c1-4-29-21(27)18-12(2)23-22-24(19(18)16-6-5-9-30-16)20(26)17(31-22)11-13-7-8-14(25)15(10-13)28-3/h5-11,19,25H,4H2,1-3H3. The second-order valence-corrected chi connectivity index (χ2v) is 8.74. The average Bonchev–Trinajstić information content (AvgIpc) is 3.37. The number of carbonyl (C=O) groups is 1. The van der Waals surface area contributed by atoms with Crippen molar-refractivity contribution < 1.29 is 19.4 Å². The topological polar surface area (TPSA) is 90.1 Å². The number of methoxy groups -OCH3 is 1. The van der Waals surface area contributed by atoms with Crippen molar-refractivity contribution >= 4 is 34.7 Å². The average molecular weight is 457 g/mol. The van der Waals surface area contributed by atoms with Gasteiger partial charge in [0.2, 0.25) is 0 Å². The number of rotatable bonds is 5. The largest absolute Gasteiger partial charge is 0.504 e. The molecule has 9 heteroatoms. The third-order valence-corrected chi connectivity index (χ3v) is 6.74. The predicted octanol–water partition coefficient (Wildman–Crippen LogP) is 2.57. The molecule has 0 bridgehead atoms. The number of aromatic nitrogens is 1. The van der Waals surface area contributed by atoms with E-state index in [0.29, 0.717) is 31.9 Å². The molecular weight excluding hydrogens is 436 g/mol. The second-order valence-electron chi connectivity index (χ2n) is 6.75. The van der Waals surface area contributed by atoms with Gasteiger partial charge in [0.05, 0.1) is 29.5 Å². The van der Waals surface area contributed by atoms with Crippen molar-refractivity contribution in [1.82, 2.24) is 4.57 Å². The molecule has 0 saturated heterocycles. The zero-order chi connectivity index (χ0) is 22.1. The summed E-state index contributed by atoms with van der Waals surface area (Å²) in [5.74, 6) is -0.133. The Morgan fingerprint density at radius 2 is 2.16 bits per heavy atom. The van der Waals surface area contributed by atoms with Crippen molar-refractivity contribution in [3.8, 4) is 11.5 Å². The summed E-state index contributed by atoms with van der Waals surface area (Å²) >= 11 is 2.72. The molecule has 1 atom stereocenters. The van der Waals surface area contributed by atoms with E-state index in [1.165, 1.54) is 35.8 Å². The van der Waals surface area contributed by atoms with Crippen LogP contribution in [-0.2, 0) is 9.53 Å². The number of hydrogen-bond acceptors (Lipinski definition) is 8. The molecule has 3 aromatic rings. The van der Waals surface area contributed by atoms with Gasteiger partial charge in [-0.3, -0.25) is 9.36 Å². The normalized spacial score (nSPS) is 16.1. The molecule has 0 spiro atoms. The number of nitrogens with zero attached hydrogens (tertiary/aromatic N) is 2. The van der Waals surface area contributed by atoms with Gasteiger partial charge in [0.1, 0.15) is 6.04 Å². The maximum Gasteiger partial charge on any atom is 0.338 e. The fourth-order valence-corrected chi connectivity index (χ4v) is 5.31. The van der Waals surface area contributed by atoms with Crippen LogP contribution in [0.1, 0.15) is 30.3 Å². The zero-order valence-electron chi connectivity index (χ0n) is 17.1. The van der Waals surface area contributed by atoms with E-state index >= 15 is 0 Å². The summed E-state index contributed by atoms with van der Waals surface area (Å²) in [5, 5.41) is 11.7. The Morgan fingerprint density at radius 1 is 1.35 bits per heavy atom. The summed E-state index contributed by atoms with van der Waals surface area (Å²) < 4.78 is 12.4. The molecule has 0 radical (unpaired) electrons. The summed E-state index contributed by atoms with van der Waals surface area (Å²) in [6.45, 7) is 3.74. The van der Waals surface area contributed by atoms with Gasteiger partial charge in [-0.25, -0.2) is 9.79 Å². The molecule has 0 saturated carbocycles. The highest BCUT2D eigenvalue weighted by molar-refractivity contribution is 7.10. The number of hydrogen-bond donors (Lipinski definition) is 1. The van der Waals surface area contributed by atoms with E-state index in [1.54, 1.807) is 36.6 Å². The number of esters is 1. The Labute approximate surface area is 185 Å². The van der Waals surface area contributed by atoms with E-state index in [-0.39, 0.29) is 17.9 Å². The molecule has 2 aromatic heterocycles. The first-order valence-corrected chi connectivity index (χ1v) is 11.2. The predicted molar refractivity (Wildman–Crippen MR) is 119 cm³/mol. The molecule has 160 valence electrons. The lowest BCUT2D eigenvalue weighted by Gasteiger charge is -2.23. The molecular formula is C22H20N2O5S2. The molecule has 1 N–H and O–H groups in total. The van der Waals surface area contributed by atoms with Gasteiger partial charge >= 0.3 is 5.97 Å². The third-order valence-electron chi connectivity index (χ3n) is 4.83. The molecule has 7 nitrogen and oxygen atoms in total. The van der Waals surface area contributed by atoms with Crippen molar-refractivity contribution in [3.05, 3.63) is 77.1 Å². The maximum absolute atomic E-state index is 13.4. The maximum atomic E-state index is 13.4. The highest BCUT2D eigenvalue weighted by atomic mass is 32.1. The van der Waals surface area contributed by atoms with E-state index in [0.717, 1.165) is 4.88 Å². The highest BCUT2D eigenvalue weighted by Gasteiger charge is 2.33. The number of aromatic hydroxyl groups is 1. The summed E-state index contributed by atoms with van der Waals surface area (Å²) in [7, 11) is 1.47. The third kappa shape index (κ3) is 3.82. The number of phenolic OH excluding ortho intramolecular Hbond substituents is 1. The Bertz CT molecular complexity index is 1350. The number of benzene rings is 1. The van der Waals surface area contributed by atoms with Crippen LogP contribution in [0, 0.1) is 0 Å². The molecule has 0 fully saturated rings. The number of carbonyl (C=O) groups excluding carboxylic acids is 1. The van der Waals surface area contributed by atoms with Gasteiger partial charge < -0.3 is 14.6 Å². The lowest BCUT2D eigenvalue weighted by Crippen LogP contribution is -2.39. The summed E-state index contributed by atoms with van der Waals surface area (Å²) in [4.78, 5) is 32.1. The van der Waals surface area contributed by atoms with Crippen molar-refractivity contribution in [2.45, 2.75) is 19.9 Å². The Balaban J connectivity index is 1.92. The highest BCUT2D eigenvalue weighted by Crippen LogP contribution is 2.33. The lowest BCUT2D eigenvalue weighted by atomic mass is 10.0. The smallest absolute Gasteiger partial charge is 0.338 e. The quantitative estimate of drug-likeness (QED) is 0.596. The zero-order valence-corrected chi connectivity index (χ0v) is 18.8. The molecule has 1 aliphatic rings. The molecule has 1 unspecified atom stereocenters. The van der Waals surface area contributed by atoms with Gasteiger partial charge in [-0.1, -0.05) is 23.5 Å². The first-order valence-electron chi connectivity index (χ1n) is 9.54. The van der Waals surface area contributed by atoms with Crippen LogP contribution in [0.25, 0.3) is 6.08 Å². The fraction of sp³-hybridized carbons (Fsp3) is 0.227. The van der Waals surface area contributed by atoms with Gasteiger partial charge in [0.25, 0.3) is 5.56 Å². The first kappa shape index (κ1) is 21.1. The Hall–Kier alpha value is -3.17. The number of thiophene rings is 1. The molecule has 0 aliphatic carbocycles. The van der Waals surface area contributed by atoms with Crippen LogP contribution in [0.5, 0.6) is 11.5 Å². The number of thiazole rings is 1. The van der Waals surface area contributed by atoms with Crippen LogP contribution >= 0.6 is 22.7 Å². The molecule has 0 amide bonds. The van der Waals surface area contributed by atoms with Gasteiger partial charge in [0, 0.05) is 4.88 Å². The van der Waals surface area contributed by atoms with Crippen molar-refractivity contribution in [2.24, 2.45) is 4.99 Å². The van der Waals surface area contributed by atoms with Crippen LogP contribution in [0.3, 0.4) is 0 Å². The second kappa shape index (κ2) is 8.52. The number of phenols is 1. The van der Waals surface area contributed by atoms with Crippen molar-refractivity contribution in [3.63, 3.8) is 0 Å². The summed E-state index contributed by atoms with van der Waals surface area (Å²) in [6.07, 6.45) is 1.72. The minimum absolute atomic E-state index is 0.0218. The van der Waals surface area contributed by atoms with Gasteiger partial charge in [-0.05, 0) is 49.1 Å². The van der Waals surface area contributed by atoms with Crippen LogP contribution in [0.4, 0.5) is 0 Å². The molecule has 3 heterocycles. The SMILES string of the molecule is CCOC(=O)C1=C(C)N=c2sc(=Cc3ccc(O)c(OC)c3)c(=O)n2C1c1cccs1. The number of fused-ring (bicyclic) bond motifs is 1.